The maximum Gasteiger partial charge on any atom is 0.219 e. The van der Waals surface area contributed by atoms with Crippen molar-refractivity contribution in [2.24, 2.45) is 5.92 Å². The molecule has 1 amide bonds. The van der Waals surface area contributed by atoms with Crippen molar-refractivity contribution in [3.05, 3.63) is 0 Å². The summed E-state index contributed by atoms with van der Waals surface area (Å²) in [5.41, 5.74) is 0. The second-order valence-corrected chi connectivity index (χ2v) is 5.33. The Morgan fingerprint density at radius 1 is 1.17 bits per heavy atom. The first-order chi connectivity index (χ1) is 8.25. The van der Waals surface area contributed by atoms with Gasteiger partial charge >= 0.3 is 0 Å². The highest BCUT2D eigenvalue weighted by Crippen LogP contribution is 2.16. The van der Waals surface area contributed by atoms with Crippen molar-refractivity contribution < 1.29 is 4.79 Å². The lowest BCUT2D eigenvalue weighted by atomic mass is 9.94. The highest BCUT2D eigenvalue weighted by atomic mass is 35.5. The Balaban J connectivity index is 0.00000162. The summed E-state index contributed by atoms with van der Waals surface area (Å²) < 4.78 is 0. The average molecular weight is 276 g/mol. The minimum atomic E-state index is 0. The van der Waals surface area contributed by atoms with Gasteiger partial charge < -0.3 is 10.2 Å². The van der Waals surface area contributed by atoms with Crippen LogP contribution in [0, 0.1) is 5.92 Å². The van der Waals surface area contributed by atoms with Crippen LogP contribution < -0.4 is 5.32 Å². The smallest absolute Gasteiger partial charge is 0.219 e. The van der Waals surface area contributed by atoms with E-state index in [9.17, 15) is 4.79 Å². The van der Waals surface area contributed by atoms with Gasteiger partial charge in [0.15, 0.2) is 0 Å². The Hall–Kier alpha value is -0.320. The number of amides is 1. The Labute approximate surface area is 116 Å². The number of piperidine rings is 1. The first-order valence-corrected chi connectivity index (χ1v) is 6.94. The summed E-state index contributed by atoms with van der Waals surface area (Å²) in [5.74, 6) is 1.14. The Morgan fingerprint density at radius 2 is 1.78 bits per heavy atom. The van der Waals surface area contributed by atoms with E-state index in [1.807, 2.05) is 4.90 Å². The van der Waals surface area contributed by atoms with E-state index in [-0.39, 0.29) is 18.3 Å². The van der Waals surface area contributed by atoms with E-state index in [4.69, 9.17) is 0 Å². The van der Waals surface area contributed by atoms with Gasteiger partial charge in [-0.15, -0.1) is 12.4 Å². The number of piperazine rings is 1. The summed E-state index contributed by atoms with van der Waals surface area (Å²) in [7, 11) is 0. The number of carbonyl (C=O) groups is 1. The van der Waals surface area contributed by atoms with Gasteiger partial charge in [0.25, 0.3) is 0 Å². The largest absolute Gasteiger partial charge is 0.340 e. The normalized spacial score (nSPS) is 22.6. The van der Waals surface area contributed by atoms with Gasteiger partial charge in [0.2, 0.25) is 5.91 Å². The van der Waals surface area contributed by atoms with Gasteiger partial charge in [-0.2, -0.15) is 0 Å². The number of hydrogen-bond donors (Lipinski definition) is 1. The molecule has 2 saturated heterocycles. The second-order valence-electron chi connectivity index (χ2n) is 5.33. The van der Waals surface area contributed by atoms with E-state index < -0.39 is 0 Å². The third-order valence-electron chi connectivity index (χ3n) is 4.13. The lowest BCUT2D eigenvalue weighted by Gasteiger charge is -2.35. The van der Waals surface area contributed by atoms with Crippen molar-refractivity contribution >= 4 is 18.3 Å². The van der Waals surface area contributed by atoms with Crippen LogP contribution in [0.3, 0.4) is 0 Å². The van der Waals surface area contributed by atoms with Crippen LogP contribution in [-0.4, -0.2) is 61.5 Å². The van der Waals surface area contributed by atoms with Crippen molar-refractivity contribution in [2.45, 2.75) is 26.2 Å². The van der Waals surface area contributed by atoms with Crippen LogP contribution in [0.2, 0.25) is 0 Å². The van der Waals surface area contributed by atoms with E-state index in [1.165, 1.54) is 38.9 Å². The van der Waals surface area contributed by atoms with Crippen LogP contribution in [0.1, 0.15) is 26.2 Å². The van der Waals surface area contributed by atoms with Gasteiger partial charge in [0.1, 0.15) is 0 Å². The van der Waals surface area contributed by atoms with Crippen LogP contribution in [0.4, 0.5) is 0 Å². The first kappa shape index (κ1) is 15.7. The molecule has 2 aliphatic heterocycles. The van der Waals surface area contributed by atoms with E-state index in [1.54, 1.807) is 6.92 Å². The fraction of sp³-hybridized carbons (Fsp3) is 0.923. The van der Waals surface area contributed by atoms with Crippen molar-refractivity contribution in [2.75, 3.05) is 45.8 Å². The molecule has 0 aliphatic carbocycles. The molecule has 4 nitrogen and oxygen atoms in total. The molecule has 1 N–H and O–H groups in total. The molecule has 0 aromatic rings. The molecule has 2 aliphatic rings. The Kier molecular flexibility index (Phi) is 6.97. The molecule has 0 radical (unpaired) electrons. The van der Waals surface area contributed by atoms with Crippen LogP contribution in [-0.2, 0) is 4.79 Å². The predicted octanol–water partition coefficient (Wildman–Crippen LogP) is 0.962. The highest BCUT2D eigenvalue weighted by molar-refractivity contribution is 5.85. The molecule has 0 aromatic carbocycles. The summed E-state index contributed by atoms with van der Waals surface area (Å²) in [5, 5.41) is 3.41. The van der Waals surface area contributed by atoms with E-state index >= 15 is 0 Å². The van der Waals surface area contributed by atoms with E-state index in [2.05, 4.69) is 10.2 Å². The van der Waals surface area contributed by atoms with Gasteiger partial charge in [-0.05, 0) is 44.8 Å². The van der Waals surface area contributed by atoms with E-state index in [0.29, 0.717) is 0 Å². The molecular formula is C13H26ClN3O. The number of rotatable bonds is 3. The lowest BCUT2D eigenvalue weighted by Crippen LogP contribution is -2.48. The molecule has 0 aromatic heterocycles. The molecule has 0 saturated carbocycles. The summed E-state index contributed by atoms with van der Waals surface area (Å²) in [6.45, 7) is 9.24. The van der Waals surface area contributed by atoms with Crippen molar-refractivity contribution in [1.29, 1.82) is 0 Å². The first-order valence-electron chi connectivity index (χ1n) is 6.94. The van der Waals surface area contributed by atoms with Crippen molar-refractivity contribution in [3.8, 4) is 0 Å². The average Bonchev–Trinajstić information content (AvgIpc) is 2.38. The molecule has 2 fully saturated rings. The van der Waals surface area contributed by atoms with Gasteiger partial charge in [0, 0.05) is 33.1 Å². The second kappa shape index (κ2) is 7.97. The molecule has 5 heteroatoms. The third-order valence-corrected chi connectivity index (χ3v) is 4.13. The molecule has 2 heterocycles. The summed E-state index contributed by atoms with van der Waals surface area (Å²) in [4.78, 5) is 15.7. The maximum atomic E-state index is 11.2. The molecule has 0 spiro atoms. The van der Waals surface area contributed by atoms with Crippen LogP contribution in [0.25, 0.3) is 0 Å². The minimum absolute atomic E-state index is 0. The molecule has 2 rings (SSSR count). The Bertz CT molecular complexity index is 249. The van der Waals surface area contributed by atoms with Crippen LogP contribution >= 0.6 is 12.4 Å². The number of halogens is 1. The van der Waals surface area contributed by atoms with Gasteiger partial charge in [-0.1, -0.05) is 0 Å². The van der Waals surface area contributed by atoms with Gasteiger partial charge in [-0.25, -0.2) is 0 Å². The zero-order valence-electron chi connectivity index (χ0n) is 11.4. The van der Waals surface area contributed by atoms with E-state index in [0.717, 1.165) is 32.1 Å². The predicted molar refractivity (Wildman–Crippen MR) is 76.2 cm³/mol. The Morgan fingerprint density at radius 3 is 2.33 bits per heavy atom. The molecule has 0 unspecified atom stereocenters. The summed E-state index contributed by atoms with van der Waals surface area (Å²) >= 11 is 0. The molecule has 18 heavy (non-hydrogen) atoms. The summed E-state index contributed by atoms with van der Waals surface area (Å²) in [6.07, 6.45) is 4.02. The highest BCUT2D eigenvalue weighted by Gasteiger charge is 2.20. The number of nitrogens with one attached hydrogen (secondary N) is 1. The standard InChI is InChI=1S/C13H25N3O.ClH/c1-12(17)16-10-8-15(9-11-16)7-4-13-2-5-14-6-3-13;/h13-14H,2-11H2,1H3;1H. The topological polar surface area (TPSA) is 35.6 Å². The molecule has 0 bridgehead atoms. The van der Waals surface area contributed by atoms with Crippen LogP contribution in [0.5, 0.6) is 0 Å². The fourth-order valence-electron chi connectivity index (χ4n) is 2.82. The molecular weight excluding hydrogens is 250 g/mol. The molecule has 106 valence electrons. The fourth-order valence-corrected chi connectivity index (χ4v) is 2.82. The van der Waals surface area contributed by atoms with Gasteiger partial charge in [0.05, 0.1) is 0 Å². The zero-order valence-corrected chi connectivity index (χ0v) is 12.2. The molecule has 0 atom stereocenters. The minimum Gasteiger partial charge on any atom is -0.340 e. The third kappa shape index (κ3) is 4.75. The van der Waals surface area contributed by atoms with Crippen molar-refractivity contribution in [3.63, 3.8) is 0 Å². The maximum absolute atomic E-state index is 11.2. The number of nitrogens with zero attached hydrogens (tertiary/aromatic N) is 2. The number of carbonyl (C=O) groups excluding carboxylic acids is 1. The lowest BCUT2D eigenvalue weighted by molar-refractivity contribution is -0.130. The van der Waals surface area contributed by atoms with Crippen molar-refractivity contribution in [1.82, 2.24) is 15.1 Å². The monoisotopic (exact) mass is 275 g/mol. The van der Waals surface area contributed by atoms with Crippen LogP contribution in [0.15, 0.2) is 0 Å². The SMILES string of the molecule is CC(=O)N1CCN(CCC2CCNCC2)CC1.Cl. The van der Waals surface area contributed by atoms with Gasteiger partial charge in [-0.3, -0.25) is 9.69 Å². The number of hydrogen-bond acceptors (Lipinski definition) is 3. The zero-order chi connectivity index (χ0) is 12.1. The summed E-state index contributed by atoms with van der Waals surface area (Å²) in [6, 6.07) is 0. The quantitative estimate of drug-likeness (QED) is 0.834.